The lowest BCUT2D eigenvalue weighted by molar-refractivity contribution is 0.103. The standard InChI is InChI=1S/C19H13ClN2O3/c20-14-6-2-1-4-11(14)18(23)12-8-9-22-17(16(12)21)13-5-3-7-15-19(13)25-10-24-15/h1-9H,10,21H2. The number of aromatic nitrogens is 1. The van der Waals surface area contributed by atoms with Gasteiger partial charge < -0.3 is 15.2 Å². The lowest BCUT2D eigenvalue weighted by Gasteiger charge is -2.12. The fraction of sp³-hybridized carbons (Fsp3) is 0.0526. The molecule has 0 spiro atoms. The molecule has 0 saturated heterocycles. The van der Waals surface area contributed by atoms with E-state index in [-0.39, 0.29) is 18.3 Å². The van der Waals surface area contributed by atoms with E-state index in [1.807, 2.05) is 12.1 Å². The molecule has 124 valence electrons. The second-order valence-corrected chi connectivity index (χ2v) is 5.88. The van der Waals surface area contributed by atoms with Crippen molar-refractivity contribution in [3.05, 3.63) is 70.9 Å². The molecule has 5 nitrogen and oxygen atoms in total. The van der Waals surface area contributed by atoms with E-state index >= 15 is 0 Å². The van der Waals surface area contributed by atoms with Crippen molar-refractivity contribution in [2.24, 2.45) is 0 Å². The Kier molecular flexibility index (Phi) is 3.78. The maximum Gasteiger partial charge on any atom is 0.231 e. The summed E-state index contributed by atoms with van der Waals surface area (Å²) in [5.41, 5.74) is 8.44. The minimum absolute atomic E-state index is 0.143. The molecule has 4 rings (SSSR count). The molecule has 3 aromatic rings. The van der Waals surface area contributed by atoms with E-state index in [1.54, 1.807) is 42.6 Å². The highest BCUT2D eigenvalue weighted by atomic mass is 35.5. The van der Waals surface area contributed by atoms with E-state index in [4.69, 9.17) is 26.8 Å². The lowest BCUT2D eigenvalue weighted by atomic mass is 9.99. The maximum absolute atomic E-state index is 12.9. The highest BCUT2D eigenvalue weighted by Gasteiger charge is 2.23. The van der Waals surface area contributed by atoms with Crippen molar-refractivity contribution in [2.75, 3.05) is 12.5 Å². The Labute approximate surface area is 149 Å². The maximum atomic E-state index is 12.9. The molecule has 2 heterocycles. The molecular weight excluding hydrogens is 340 g/mol. The van der Waals surface area contributed by atoms with Crippen LogP contribution in [0, 0.1) is 0 Å². The molecule has 0 unspecified atom stereocenters. The van der Waals surface area contributed by atoms with Crippen molar-refractivity contribution in [3.63, 3.8) is 0 Å². The van der Waals surface area contributed by atoms with E-state index in [0.717, 1.165) is 0 Å². The molecule has 1 aromatic heterocycles. The summed E-state index contributed by atoms with van der Waals surface area (Å²) >= 11 is 6.14. The summed E-state index contributed by atoms with van der Waals surface area (Å²) in [5, 5.41) is 0.377. The van der Waals surface area contributed by atoms with Crippen molar-refractivity contribution in [2.45, 2.75) is 0 Å². The number of fused-ring (bicyclic) bond motifs is 1. The predicted octanol–water partition coefficient (Wildman–Crippen LogP) is 3.94. The number of hydrogen-bond acceptors (Lipinski definition) is 5. The summed E-state index contributed by atoms with van der Waals surface area (Å²) < 4.78 is 10.9. The molecule has 0 fully saturated rings. The van der Waals surface area contributed by atoms with Gasteiger partial charge in [-0.3, -0.25) is 9.78 Å². The molecule has 2 aromatic carbocycles. The van der Waals surface area contributed by atoms with Crippen LogP contribution in [0.4, 0.5) is 5.69 Å². The van der Waals surface area contributed by atoms with Crippen LogP contribution in [-0.2, 0) is 0 Å². The van der Waals surface area contributed by atoms with Crippen LogP contribution >= 0.6 is 11.6 Å². The Morgan fingerprint density at radius 1 is 1.04 bits per heavy atom. The first kappa shape index (κ1) is 15.5. The van der Waals surface area contributed by atoms with Gasteiger partial charge in [0.05, 0.1) is 16.4 Å². The van der Waals surface area contributed by atoms with Crippen LogP contribution < -0.4 is 15.2 Å². The van der Waals surface area contributed by atoms with Gasteiger partial charge in [-0.1, -0.05) is 29.8 Å². The Hall–Kier alpha value is -3.05. The molecule has 25 heavy (non-hydrogen) atoms. The molecule has 6 heteroatoms. The Morgan fingerprint density at radius 2 is 1.88 bits per heavy atom. The van der Waals surface area contributed by atoms with Gasteiger partial charge >= 0.3 is 0 Å². The average molecular weight is 353 g/mol. The van der Waals surface area contributed by atoms with Crippen molar-refractivity contribution >= 4 is 23.1 Å². The zero-order chi connectivity index (χ0) is 17.4. The van der Waals surface area contributed by atoms with E-state index in [2.05, 4.69) is 4.98 Å². The van der Waals surface area contributed by atoms with Crippen LogP contribution in [0.25, 0.3) is 11.3 Å². The molecule has 0 radical (unpaired) electrons. The van der Waals surface area contributed by atoms with Crippen LogP contribution in [0.5, 0.6) is 11.5 Å². The Bertz CT molecular complexity index is 988. The summed E-state index contributed by atoms with van der Waals surface area (Å²) in [5.74, 6) is 0.946. The smallest absolute Gasteiger partial charge is 0.231 e. The highest BCUT2D eigenvalue weighted by Crippen LogP contribution is 2.42. The number of ether oxygens (including phenoxy) is 2. The number of halogens is 1. The molecule has 0 atom stereocenters. The van der Waals surface area contributed by atoms with Crippen LogP contribution in [0.1, 0.15) is 15.9 Å². The zero-order valence-corrected chi connectivity index (χ0v) is 13.8. The number of carbonyl (C=O) groups excluding carboxylic acids is 1. The fourth-order valence-corrected chi connectivity index (χ4v) is 3.01. The van der Waals surface area contributed by atoms with Crippen LogP contribution in [-0.4, -0.2) is 17.6 Å². The molecule has 0 aliphatic carbocycles. The van der Waals surface area contributed by atoms with E-state index in [1.165, 1.54) is 0 Å². The summed E-state index contributed by atoms with van der Waals surface area (Å²) in [7, 11) is 0. The van der Waals surface area contributed by atoms with E-state index in [9.17, 15) is 4.79 Å². The zero-order valence-electron chi connectivity index (χ0n) is 13.0. The second-order valence-electron chi connectivity index (χ2n) is 5.47. The lowest BCUT2D eigenvalue weighted by Crippen LogP contribution is -2.08. The number of carbonyl (C=O) groups is 1. The first-order chi connectivity index (χ1) is 12.2. The van der Waals surface area contributed by atoms with Gasteiger partial charge in [-0.05, 0) is 30.3 Å². The molecular formula is C19H13ClN2O3. The van der Waals surface area contributed by atoms with Crippen molar-refractivity contribution < 1.29 is 14.3 Å². The minimum atomic E-state index is -0.253. The number of nitrogen functional groups attached to an aromatic ring is 1. The number of para-hydroxylation sites is 1. The summed E-state index contributed by atoms with van der Waals surface area (Å²) in [6.07, 6.45) is 1.55. The van der Waals surface area contributed by atoms with Gasteiger partial charge in [0, 0.05) is 22.9 Å². The van der Waals surface area contributed by atoms with Crippen molar-refractivity contribution in [1.29, 1.82) is 0 Å². The van der Waals surface area contributed by atoms with Gasteiger partial charge in [0.15, 0.2) is 17.3 Å². The summed E-state index contributed by atoms with van der Waals surface area (Å²) in [6.45, 7) is 0.143. The topological polar surface area (TPSA) is 74.4 Å². The van der Waals surface area contributed by atoms with Gasteiger partial charge in [0.1, 0.15) is 0 Å². The number of anilines is 1. The first-order valence-electron chi connectivity index (χ1n) is 7.59. The van der Waals surface area contributed by atoms with Crippen molar-refractivity contribution in [1.82, 2.24) is 4.98 Å². The Balaban J connectivity index is 1.84. The van der Waals surface area contributed by atoms with Crippen LogP contribution in [0.15, 0.2) is 54.7 Å². The number of hydrogen-bond donors (Lipinski definition) is 1. The summed E-state index contributed by atoms with van der Waals surface area (Å²) in [4.78, 5) is 17.2. The normalized spacial score (nSPS) is 12.2. The van der Waals surface area contributed by atoms with Crippen LogP contribution in [0.2, 0.25) is 5.02 Å². The van der Waals surface area contributed by atoms with Crippen LogP contribution in [0.3, 0.4) is 0 Å². The molecule has 0 bridgehead atoms. The molecule has 0 saturated carbocycles. The minimum Gasteiger partial charge on any atom is -0.454 e. The SMILES string of the molecule is Nc1c(C(=O)c2ccccc2Cl)ccnc1-c1cccc2c1OCO2. The van der Waals surface area contributed by atoms with Gasteiger partial charge in [-0.15, -0.1) is 0 Å². The van der Waals surface area contributed by atoms with Gasteiger partial charge in [0.2, 0.25) is 6.79 Å². The van der Waals surface area contributed by atoms with Gasteiger partial charge in [0.25, 0.3) is 0 Å². The third-order valence-corrected chi connectivity index (χ3v) is 4.33. The third-order valence-electron chi connectivity index (χ3n) is 4.00. The van der Waals surface area contributed by atoms with Gasteiger partial charge in [-0.25, -0.2) is 0 Å². The average Bonchev–Trinajstić information content (AvgIpc) is 3.11. The number of pyridine rings is 1. The van der Waals surface area contributed by atoms with Gasteiger partial charge in [-0.2, -0.15) is 0 Å². The highest BCUT2D eigenvalue weighted by molar-refractivity contribution is 6.35. The first-order valence-corrected chi connectivity index (χ1v) is 7.97. The van der Waals surface area contributed by atoms with E-state index in [0.29, 0.717) is 38.9 Å². The number of rotatable bonds is 3. The molecule has 2 N–H and O–H groups in total. The molecule has 0 amide bonds. The second kappa shape index (κ2) is 6.11. The van der Waals surface area contributed by atoms with E-state index < -0.39 is 0 Å². The molecule has 1 aliphatic heterocycles. The largest absolute Gasteiger partial charge is 0.454 e. The molecule has 1 aliphatic rings. The number of nitrogens with zero attached hydrogens (tertiary/aromatic N) is 1. The monoisotopic (exact) mass is 352 g/mol. The number of benzene rings is 2. The quantitative estimate of drug-likeness (QED) is 0.722. The Morgan fingerprint density at radius 3 is 2.72 bits per heavy atom. The predicted molar refractivity (Wildman–Crippen MR) is 95.1 cm³/mol. The number of ketones is 1. The fourth-order valence-electron chi connectivity index (χ4n) is 2.79. The number of nitrogens with two attached hydrogens (primary N) is 1. The van der Waals surface area contributed by atoms with Crippen molar-refractivity contribution in [3.8, 4) is 22.8 Å². The third kappa shape index (κ3) is 2.58. The summed E-state index contributed by atoms with van der Waals surface area (Å²) in [6, 6.07) is 13.9.